The Morgan fingerprint density at radius 1 is 1.35 bits per heavy atom. The number of amides is 1. The number of ether oxygens (including phenoxy) is 1. The van der Waals surface area contributed by atoms with E-state index in [1.165, 1.54) is 0 Å². The van der Waals surface area contributed by atoms with Gasteiger partial charge in [-0.05, 0) is 24.5 Å². The van der Waals surface area contributed by atoms with Crippen LogP contribution in [0.2, 0.25) is 0 Å². The molecule has 7 nitrogen and oxygen atoms in total. The van der Waals surface area contributed by atoms with E-state index < -0.39 is 18.5 Å². The molecule has 0 atom stereocenters. The summed E-state index contributed by atoms with van der Waals surface area (Å²) in [7, 11) is 0. The summed E-state index contributed by atoms with van der Waals surface area (Å²) in [6.07, 6.45) is 0. The number of rotatable bonds is 5. The van der Waals surface area contributed by atoms with Crippen LogP contribution < -0.4 is 11.1 Å². The van der Waals surface area contributed by atoms with Crippen LogP contribution in [0.3, 0.4) is 0 Å². The lowest BCUT2D eigenvalue weighted by molar-refractivity contribution is -0.119. The number of para-hydroxylation sites is 1. The Morgan fingerprint density at radius 3 is 2.65 bits per heavy atom. The van der Waals surface area contributed by atoms with Crippen molar-refractivity contribution in [2.75, 3.05) is 17.7 Å². The fraction of sp³-hybridized carbons (Fsp3) is 0.312. The van der Waals surface area contributed by atoms with Gasteiger partial charge in [-0.25, -0.2) is 4.79 Å². The van der Waals surface area contributed by atoms with Gasteiger partial charge in [-0.15, -0.1) is 0 Å². The summed E-state index contributed by atoms with van der Waals surface area (Å²) in [5.41, 5.74) is 7.56. The van der Waals surface area contributed by atoms with E-state index in [1.54, 1.807) is 13.0 Å². The second-order valence-corrected chi connectivity index (χ2v) is 5.37. The Bertz CT molecular complexity index is 702. The molecule has 0 aliphatic carbocycles. The molecule has 0 bridgehead atoms. The molecule has 1 heterocycles. The van der Waals surface area contributed by atoms with Gasteiger partial charge in [-0.1, -0.05) is 37.2 Å². The number of aromatic nitrogens is 1. The summed E-state index contributed by atoms with van der Waals surface area (Å²) >= 11 is 0. The highest BCUT2D eigenvalue weighted by molar-refractivity contribution is 5.98. The molecule has 0 unspecified atom stereocenters. The molecule has 2 aromatic rings. The van der Waals surface area contributed by atoms with Crippen LogP contribution in [0.4, 0.5) is 11.6 Å². The zero-order valence-corrected chi connectivity index (χ0v) is 13.3. The van der Waals surface area contributed by atoms with Crippen molar-refractivity contribution in [2.45, 2.75) is 26.7 Å². The third kappa shape index (κ3) is 3.88. The fourth-order valence-electron chi connectivity index (χ4n) is 2.14. The topological polar surface area (TPSA) is 107 Å². The number of carbonyl (C=O) groups is 2. The van der Waals surface area contributed by atoms with Gasteiger partial charge in [0.2, 0.25) is 5.88 Å². The van der Waals surface area contributed by atoms with Crippen molar-refractivity contribution in [3.05, 3.63) is 41.1 Å². The van der Waals surface area contributed by atoms with Crippen LogP contribution in [-0.4, -0.2) is 23.6 Å². The minimum atomic E-state index is -0.742. The Labute approximate surface area is 133 Å². The standard InChI is InChI=1S/C16H19N3O4/c1-9(2)11-6-4-5-7-12(11)18-13(20)8-22-16(21)14-10(3)19-23-15(14)17/h4-7,9H,8,17H2,1-3H3,(H,18,20). The maximum Gasteiger partial charge on any atom is 0.346 e. The van der Waals surface area contributed by atoms with Gasteiger partial charge in [-0.3, -0.25) is 4.79 Å². The highest BCUT2D eigenvalue weighted by Gasteiger charge is 2.21. The average Bonchev–Trinajstić information content (AvgIpc) is 2.84. The number of aryl methyl sites for hydroxylation is 1. The molecular formula is C16H19N3O4. The molecule has 0 aliphatic heterocycles. The van der Waals surface area contributed by atoms with Crippen molar-refractivity contribution in [3.8, 4) is 0 Å². The molecule has 23 heavy (non-hydrogen) atoms. The zero-order valence-electron chi connectivity index (χ0n) is 13.3. The van der Waals surface area contributed by atoms with Crippen molar-refractivity contribution in [3.63, 3.8) is 0 Å². The number of nitrogen functional groups attached to an aromatic ring is 1. The van der Waals surface area contributed by atoms with Gasteiger partial charge in [0.05, 0.1) is 5.69 Å². The first-order chi connectivity index (χ1) is 10.9. The number of esters is 1. The van der Waals surface area contributed by atoms with Crippen molar-refractivity contribution >= 4 is 23.4 Å². The van der Waals surface area contributed by atoms with Gasteiger partial charge < -0.3 is 20.3 Å². The predicted octanol–water partition coefficient (Wildman–Crippen LogP) is 2.48. The van der Waals surface area contributed by atoms with Crippen molar-refractivity contribution in [2.24, 2.45) is 0 Å². The van der Waals surface area contributed by atoms with E-state index in [-0.39, 0.29) is 17.4 Å². The van der Waals surface area contributed by atoms with Crippen LogP contribution >= 0.6 is 0 Å². The summed E-state index contributed by atoms with van der Waals surface area (Å²) in [5.74, 6) is -1.04. The Morgan fingerprint density at radius 2 is 2.04 bits per heavy atom. The van der Waals surface area contributed by atoms with Gasteiger partial charge in [-0.2, -0.15) is 0 Å². The molecule has 0 saturated carbocycles. The third-order valence-corrected chi connectivity index (χ3v) is 3.28. The predicted molar refractivity (Wildman–Crippen MR) is 85.1 cm³/mol. The molecular weight excluding hydrogens is 298 g/mol. The monoisotopic (exact) mass is 317 g/mol. The maximum atomic E-state index is 12.0. The summed E-state index contributed by atoms with van der Waals surface area (Å²) in [5, 5.41) is 6.30. The summed E-state index contributed by atoms with van der Waals surface area (Å²) in [6.45, 7) is 5.20. The van der Waals surface area contributed by atoms with Gasteiger partial charge in [0.25, 0.3) is 5.91 Å². The van der Waals surface area contributed by atoms with Crippen LogP contribution in [0.25, 0.3) is 0 Å². The third-order valence-electron chi connectivity index (χ3n) is 3.28. The smallest absolute Gasteiger partial charge is 0.346 e. The first kappa shape index (κ1) is 16.5. The maximum absolute atomic E-state index is 12.0. The van der Waals surface area contributed by atoms with E-state index in [0.29, 0.717) is 11.4 Å². The molecule has 1 aromatic heterocycles. The second-order valence-electron chi connectivity index (χ2n) is 5.37. The van der Waals surface area contributed by atoms with E-state index in [4.69, 9.17) is 10.5 Å². The van der Waals surface area contributed by atoms with Gasteiger partial charge in [0.1, 0.15) is 5.56 Å². The van der Waals surface area contributed by atoms with Crippen LogP contribution in [0.1, 0.15) is 41.4 Å². The molecule has 122 valence electrons. The summed E-state index contributed by atoms with van der Waals surface area (Å²) in [4.78, 5) is 23.9. The molecule has 7 heteroatoms. The number of nitrogens with two attached hydrogens (primary N) is 1. The van der Waals surface area contributed by atoms with Crippen molar-refractivity contribution in [1.29, 1.82) is 0 Å². The number of nitrogens with zero attached hydrogens (tertiary/aromatic N) is 1. The van der Waals surface area contributed by atoms with Gasteiger partial charge >= 0.3 is 5.97 Å². The summed E-state index contributed by atoms with van der Waals surface area (Å²) < 4.78 is 9.64. The first-order valence-electron chi connectivity index (χ1n) is 7.17. The number of benzene rings is 1. The molecule has 1 aromatic carbocycles. The van der Waals surface area contributed by atoms with Gasteiger partial charge in [0, 0.05) is 5.69 Å². The summed E-state index contributed by atoms with van der Waals surface area (Å²) in [6, 6.07) is 7.47. The van der Waals surface area contributed by atoms with E-state index >= 15 is 0 Å². The fourth-order valence-corrected chi connectivity index (χ4v) is 2.14. The normalized spacial score (nSPS) is 10.6. The van der Waals surface area contributed by atoms with E-state index in [1.807, 2.05) is 32.0 Å². The van der Waals surface area contributed by atoms with Crippen molar-refractivity contribution in [1.82, 2.24) is 5.16 Å². The molecule has 1 amide bonds. The highest BCUT2D eigenvalue weighted by atomic mass is 16.5. The second kappa shape index (κ2) is 6.95. The molecule has 0 radical (unpaired) electrons. The Kier molecular flexibility index (Phi) is 5.00. The number of hydrogen-bond donors (Lipinski definition) is 2. The number of hydrogen-bond acceptors (Lipinski definition) is 6. The number of carbonyl (C=O) groups excluding carboxylic acids is 2. The molecule has 3 N–H and O–H groups in total. The van der Waals surface area contributed by atoms with E-state index in [2.05, 4.69) is 15.0 Å². The van der Waals surface area contributed by atoms with Crippen LogP contribution in [0.15, 0.2) is 28.8 Å². The van der Waals surface area contributed by atoms with Crippen LogP contribution in [-0.2, 0) is 9.53 Å². The minimum Gasteiger partial charge on any atom is -0.452 e. The lowest BCUT2D eigenvalue weighted by Crippen LogP contribution is -2.22. The molecule has 0 fully saturated rings. The number of nitrogens with one attached hydrogen (secondary N) is 1. The first-order valence-corrected chi connectivity index (χ1v) is 7.17. The van der Waals surface area contributed by atoms with Crippen LogP contribution in [0, 0.1) is 6.92 Å². The zero-order chi connectivity index (χ0) is 17.0. The lowest BCUT2D eigenvalue weighted by atomic mass is 10.0. The van der Waals surface area contributed by atoms with E-state index in [9.17, 15) is 9.59 Å². The Hall–Kier alpha value is -2.83. The largest absolute Gasteiger partial charge is 0.452 e. The van der Waals surface area contributed by atoms with Crippen LogP contribution in [0.5, 0.6) is 0 Å². The molecule has 2 rings (SSSR count). The number of anilines is 2. The molecule has 0 saturated heterocycles. The highest BCUT2D eigenvalue weighted by Crippen LogP contribution is 2.23. The lowest BCUT2D eigenvalue weighted by Gasteiger charge is -2.13. The Balaban J connectivity index is 1.97. The van der Waals surface area contributed by atoms with Gasteiger partial charge in [0.15, 0.2) is 6.61 Å². The quantitative estimate of drug-likeness (QED) is 0.820. The SMILES string of the molecule is Cc1noc(N)c1C(=O)OCC(=O)Nc1ccccc1C(C)C. The average molecular weight is 317 g/mol. The molecule has 0 spiro atoms. The molecule has 0 aliphatic rings. The van der Waals surface area contributed by atoms with E-state index in [0.717, 1.165) is 5.56 Å². The van der Waals surface area contributed by atoms with Crippen molar-refractivity contribution < 1.29 is 18.8 Å². The minimum absolute atomic E-state index is 0.0420.